The predicted molar refractivity (Wildman–Crippen MR) is 107 cm³/mol. The molecule has 6 heteroatoms. The third-order valence-electron chi connectivity index (χ3n) is 5.70. The first-order valence-corrected chi connectivity index (χ1v) is 9.45. The third-order valence-corrected chi connectivity index (χ3v) is 5.70. The zero-order valence-electron chi connectivity index (χ0n) is 16.1. The number of carbonyl (C=O) groups excluding carboxylic acids is 3. The van der Waals surface area contributed by atoms with Gasteiger partial charge in [0.05, 0.1) is 11.1 Å². The fourth-order valence-corrected chi connectivity index (χ4v) is 4.14. The minimum atomic E-state index is -0.420. The molecule has 0 fully saturated rings. The van der Waals surface area contributed by atoms with Crippen molar-refractivity contribution in [3.8, 4) is 0 Å². The second-order valence-corrected chi connectivity index (χ2v) is 8.05. The molecule has 0 saturated carbocycles. The molecule has 0 radical (unpaired) electrons. The predicted octanol–water partition coefficient (Wildman–Crippen LogP) is 2.97. The number of nitrogen functional groups attached to an aromatic ring is 1. The quantitative estimate of drug-likeness (QED) is 0.644. The van der Waals surface area contributed by atoms with Crippen LogP contribution in [0.4, 0.5) is 11.4 Å². The first-order valence-electron chi connectivity index (χ1n) is 9.45. The van der Waals surface area contributed by atoms with Gasteiger partial charge in [0.2, 0.25) is 5.91 Å². The monoisotopic (exact) mass is 377 g/mol. The molecule has 28 heavy (non-hydrogen) atoms. The summed E-state index contributed by atoms with van der Waals surface area (Å²) >= 11 is 0. The number of hydrogen-bond donors (Lipinski definition) is 1. The normalized spacial score (nSPS) is 17.9. The highest BCUT2D eigenvalue weighted by Crippen LogP contribution is 2.40. The van der Waals surface area contributed by atoms with Crippen LogP contribution in [-0.4, -0.2) is 35.7 Å². The number of imide groups is 1. The van der Waals surface area contributed by atoms with E-state index in [0.29, 0.717) is 23.4 Å². The Balaban J connectivity index is 1.65. The first-order chi connectivity index (χ1) is 13.3. The average Bonchev–Trinajstić information content (AvgIpc) is 2.81. The van der Waals surface area contributed by atoms with E-state index in [9.17, 15) is 14.4 Å². The molecular weight excluding hydrogens is 354 g/mol. The molecule has 2 aromatic carbocycles. The van der Waals surface area contributed by atoms with Crippen molar-refractivity contribution in [2.75, 3.05) is 23.7 Å². The molecular formula is C22H23N3O3. The molecule has 6 nitrogen and oxygen atoms in total. The van der Waals surface area contributed by atoms with Crippen molar-refractivity contribution in [2.24, 2.45) is 0 Å². The molecule has 0 aliphatic carbocycles. The summed E-state index contributed by atoms with van der Waals surface area (Å²) in [5.41, 5.74) is 9.00. The average molecular weight is 377 g/mol. The van der Waals surface area contributed by atoms with Crippen LogP contribution >= 0.6 is 0 Å². The van der Waals surface area contributed by atoms with Crippen molar-refractivity contribution < 1.29 is 14.4 Å². The van der Waals surface area contributed by atoms with Gasteiger partial charge in [0.25, 0.3) is 11.8 Å². The van der Waals surface area contributed by atoms with Gasteiger partial charge in [0, 0.05) is 17.9 Å². The first kappa shape index (κ1) is 18.2. The third kappa shape index (κ3) is 2.85. The van der Waals surface area contributed by atoms with Gasteiger partial charge in [-0.05, 0) is 48.1 Å². The van der Waals surface area contributed by atoms with Crippen LogP contribution in [0.3, 0.4) is 0 Å². The van der Waals surface area contributed by atoms with Gasteiger partial charge in [-0.25, -0.2) is 0 Å². The molecule has 144 valence electrons. The summed E-state index contributed by atoms with van der Waals surface area (Å²) in [7, 11) is 0. The van der Waals surface area contributed by atoms with Crippen LogP contribution in [0.1, 0.15) is 53.0 Å². The fourth-order valence-electron chi connectivity index (χ4n) is 4.14. The summed E-state index contributed by atoms with van der Waals surface area (Å²) < 4.78 is 0. The van der Waals surface area contributed by atoms with Crippen LogP contribution in [0.5, 0.6) is 0 Å². The van der Waals surface area contributed by atoms with Crippen molar-refractivity contribution in [1.29, 1.82) is 0 Å². The number of benzene rings is 2. The van der Waals surface area contributed by atoms with Gasteiger partial charge >= 0.3 is 0 Å². The van der Waals surface area contributed by atoms with Crippen LogP contribution in [-0.2, 0) is 10.2 Å². The molecule has 4 rings (SSSR count). The highest BCUT2D eigenvalue weighted by atomic mass is 16.2. The lowest BCUT2D eigenvalue weighted by Gasteiger charge is -2.28. The van der Waals surface area contributed by atoms with E-state index in [1.54, 1.807) is 29.2 Å². The van der Waals surface area contributed by atoms with E-state index in [1.807, 2.05) is 18.2 Å². The molecule has 0 bridgehead atoms. The molecule has 0 aromatic heterocycles. The Morgan fingerprint density at radius 1 is 1.07 bits per heavy atom. The number of fused-ring (bicyclic) bond motifs is 2. The van der Waals surface area contributed by atoms with Crippen LogP contribution < -0.4 is 10.6 Å². The maximum atomic E-state index is 13.2. The molecule has 2 aromatic rings. The molecule has 0 unspecified atom stereocenters. The number of hydrogen-bond acceptors (Lipinski definition) is 4. The Morgan fingerprint density at radius 3 is 2.36 bits per heavy atom. The van der Waals surface area contributed by atoms with Crippen molar-refractivity contribution in [1.82, 2.24) is 4.90 Å². The van der Waals surface area contributed by atoms with Gasteiger partial charge in [-0.15, -0.1) is 0 Å². The molecule has 0 atom stereocenters. The summed E-state index contributed by atoms with van der Waals surface area (Å²) in [6, 6.07) is 12.3. The van der Waals surface area contributed by atoms with E-state index in [0.717, 1.165) is 29.0 Å². The van der Waals surface area contributed by atoms with Gasteiger partial charge < -0.3 is 10.6 Å². The molecule has 0 saturated heterocycles. The molecule has 3 amide bonds. The maximum absolute atomic E-state index is 13.2. The summed E-state index contributed by atoms with van der Waals surface area (Å²) in [6.45, 7) is 4.56. The van der Waals surface area contributed by atoms with Crippen molar-refractivity contribution >= 4 is 29.1 Å². The van der Waals surface area contributed by atoms with Crippen molar-refractivity contribution in [3.05, 3.63) is 59.2 Å². The largest absolute Gasteiger partial charge is 0.399 e. The smallest absolute Gasteiger partial charge is 0.262 e. The Kier molecular flexibility index (Phi) is 4.22. The number of nitrogens with two attached hydrogens (primary N) is 1. The standard InChI is InChI=1S/C22H23N3O3/c1-22(2)10-5-11-24(18-12-14(23)8-9-17(18)22)19(26)13-25-20(27)15-6-3-4-7-16(15)21(25)28/h3-4,6-9,12H,5,10-11,13,23H2,1-2H3. The lowest BCUT2D eigenvalue weighted by atomic mass is 9.80. The van der Waals surface area contributed by atoms with Gasteiger partial charge in [0.1, 0.15) is 6.54 Å². The maximum Gasteiger partial charge on any atom is 0.262 e. The number of carbonyl (C=O) groups is 3. The van der Waals surface area contributed by atoms with E-state index in [4.69, 9.17) is 5.73 Å². The number of nitrogens with zero attached hydrogens (tertiary/aromatic N) is 2. The van der Waals surface area contributed by atoms with E-state index >= 15 is 0 Å². The van der Waals surface area contributed by atoms with Gasteiger partial charge in [0.15, 0.2) is 0 Å². The highest BCUT2D eigenvalue weighted by Gasteiger charge is 2.38. The van der Waals surface area contributed by atoms with Crippen LogP contribution in [0.15, 0.2) is 42.5 Å². The minimum absolute atomic E-state index is 0.0897. The Morgan fingerprint density at radius 2 is 1.71 bits per heavy atom. The van der Waals surface area contributed by atoms with Crippen LogP contribution in [0.2, 0.25) is 0 Å². The van der Waals surface area contributed by atoms with Crippen LogP contribution in [0, 0.1) is 0 Å². The topological polar surface area (TPSA) is 83.7 Å². The summed E-state index contributed by atoms with van der Waals surface area (Å²) in [6.07, 6.45) is 1.76. The zero-order chi connectivity index (χ0) is 20.1. The SMILES string of the molecule is CC1(C)CCCN(C(=O)CN2C(=O)c3ccccc3C2=O)c2cc(N)ccc21. The van der Waals surface area contributed by atoms with E-state index in [-0.39, 0.29) is 17.9 Å². The Hall–Kier alpha value is -3.15. The number of rotatable bonds is 2. The Labute approximate surface area is 163 Å². The molecule has 0 spiro atoms. The second kappa shape index (κ2) is 6.48. The van der Waals surface area contributed by atoms with E-state index in [1.165, 1.54) is 0 Å². The van der Waals surface area contributed by atoms with Gasteiger partial charge in [-0.1, -0.05) is 32.0 Å². The summed E-state index contributed by atoms with van der Waals surface area (Å²) in [5, 5.41) is 0. The highest BCUT2D eigenvalue weighted by molar-refractivity contribution is 6.22. The minimum Gasteiger partial charge on any atom is -0.399 e. The van der Waals surface area contributed by atoms with Gasteiger partial charge in [-0.3, -0.25) is 19.3 Å². The van der Waals surface area contributed by atoms with Gasteiger partial charge in [-0.2, -0.15) is 0 Å². The fraction of sp³-hybridized carbons (Fsp3) is 0.318. The van der Waals surface area contributed by atoms with E-state index in [2.05, 4.69) is 13.8 Å². The zero-order valence-corrected chi connectivity index (χ0v) is 16.1. The molecule has 2 N–H and O–H groups in total. The number of amides is 3. The lowest BCUT2D eigenvalue weighted by Crippen LogP contribution is -2.43. The van der Waals surface area contributed by atoms with Crippen LogP contribution in [0.25, 0.3) is 0 Å². The van der Waals surface area contributed by atoms with E-state index < -0.39 is 11.8 Å². The molecule has 2 heterocycles. The summed E-state index contributed by atoms with van der Waals surface area (Å²) in [4.78, 5) is 41.1. The summed E-state index contributed by atoms with van der Waals surface area (Å²) in [5.74, 6) is -1.12. The van der Waals surface area contributed by atoms with Crippen molar-refractivity contribution in [2.45, 2.75) is 32.1 Å². The molecule has 2 aliphatic rings. The lowest BCUT2D eigenvalue weighted by molar-refractivity contribution is -0.119. The number of anilines is 2. The Bertz CT molecular complexity index is 961. The van der Waals surface area contributed by atoms with Crippen molar-refractivity contribution in [3.63, 3.8) is 0 Å². The second-order valence-electron chi connectivity index (χ2n) is 8.05. The molecule has 2 aliphatic heterocycles.